The first-order valence-corrected chi connectivity index (χ1v) is 15.0. The highest BCUT2D eigenvalue weighted by Crippen LogP contribution is 2.52. The molecule has 9 nitrogen and oxygen atoms in total. The normalized spacial score (nSPS) is 23.5. The molecule has 2 aliphatic heterocycles. The summed E-state index contributed by atoms with van der Waals surface area (Å²) in [5.74, 6) is -0.849. The molecule has 1 aromatic heterocycles. The second-order valence-electron chi connectivity index (χ2n) is 12.2. The zero-order valence-electron chi connectivity index (χ0n) is 24.1. The number of pyridine rings is 1. The molecule has 226 valence electrons. The molecule has 3 aliphatic rings. The second kappa shape index (κ2) is 11.5. The van der Waals surface area contributed by atoms with E-state index in [-0.39, 0.29) is 50.7 Å². The molecule has 3 heterocycles. The summed E-state index contributed by atoms with van der Waals surface area (Å²) in [6.45, 7) is 1.21. The van der Waals surface area contributed by atoms with Gasteiger partial charge >= 0.3 is 12.1 Å². The lowest BCUT2D eigenvalue weighted by molar-refractivity contribution is -0.137. The largest absolute Gasteiger partial charge is 0.465 e. The molecule has 1 spiro atoms. The van der Waals surface area contributed by atoms with Crippen molar-refractivity contribution in [1.29, 1.82) is 0 Å². The molecule has 0 radical (unpaired) electrons. The van der Waals surface area contributed by atoms with E-state index in [1.54, 1.807) is 46.3 Å². The van der Waals surface area contributed by atoms with Gasteiger partial charge in [0.25, 0.3) is 5.56 Å². The van der Waals surface area contributed by atoms with Crippen molar-refractivity contribution < 1.29 is 24.2 Å². The fourth-order valence-corrected chi connectivity index (χ4v) is 7.38. The summed E-state index contributed by atoms with van der Waals surface area (Å²) in [6.07, 6.45) is 3.97. The van der Waals surface area contributed by atoms with Gasteiger partial charge in [-0.2, -0.15) is 0 Å². The number of piperidine rings is 1. The molecule has 3 fully saturated rings. The number of halogens is 1. The summed E-state index contributed by atoms with van der Waals surface area (Å²) in [6, 6.07) is 19.3. The Bertz CT molecular complexity index is 1540. The van der Waals surface area contributed by atoms with Gasteiger partial charge in [-0.05, 0) is 36.5 Å². The number of carboxylic acid groups (broad SMARTS) is 1. The predicted octanol–water partition coefficient (Wildman–Crippen LogP) is 4.81. The van der Waals surface area contributed by atoms with Crippen molar-refractivity contribution in [2.75, 3.05) is 32.7 Å². The number of urea groups is 1. The topological polar surface area (TPSA) is 106 Å². The van der Waals surface area contributed by atoms with Crippen LogP contribution in [-0.2, 0) is 6.54 Å². The summed E-state index contributed by atoms with van der Waals surface area (Å²) in [5.41, 5.74) is -1.01. The SMILES string of the molecule is O=C(O)N1CCN(C(=O)N2CCC(O)(Cn3ccc(-c4ccccc4)c(F)c3=O)C3(CCCC3)C2)[C@H](c2ccccc2)C1. The van der Waals surface area contributed by atoms with Crippen molar-refractivity contribution in [2.45, 2.75) is 50.3 Å². The van der Waals surface area contributed by atoms with Crippen LogP contribution in [0, 0.1) is 11.2 Å². The molecule has 10 heteroatoms. The number of nitrogens with zero attached hydrogens (tertiary/aromatic N) is 4. The molecule has 3 amide bonds. The number of hydrogen-bond donors (Lipinski definition) is 2. The van der Waals surface area contributed by atoms with Crippen LogP contribution in [0.2, 0.25) is 0 Å². The fraction of sp³-hybridized carbons (Fsp3) is 0.424. The smallest absolute Gasteiger partial charge is 0.407 e. The van der Waals surface area contributed by atoms with Crippen LogP contribution in [0.3, 0.4) is 0 Å². The number of benzene rings is 2. The van der Waals surface area contributed by atoms with E-state index in [2.05, 4.69) is 0 Å². The Morgan fingerprint density at radius 2 is 1.56 bits per heavy atom. The van der Waals surface area contributed by atoms with Crippen LogP contribution in [0.5, 0.6) is 0 Å². The number of piperazine rings is 1. The minimum Gasteiger partial charge on any atom is -0.465 e. The first kappa shape index (κ1) is 28.9. The van der Waals surface area contributed by atoms with E-state index in [0.29, 0.717) is 24.9 Å². The molecule has 2 saturated heterocycles. The van der Waals surface area contributed by atoms with Crippen LogP contribution < -0.4 is 5.56 Å². The standard InChI is InChI=1S/C33H37FN4O5/c34-28-26(24-9-3-1-4-10-24)13-17-36(29(28)39)23-33(43)16-18-37(22-32(33)14-7-8-15-32)30(40)38-20-19-35(31(41)42)21-27(38)25-11-5-2-6-12-25/h1-6,9-13,17,27,43H,7-8,14-16,18-23H2,(H,41,42)/t27-,33?/m0/s1. The molecule has 2 N–H and O–H groups in total. The zero-order valence-corrected chi connectivity index (χ0v) is 24.1. The van der Waals surface area contributed by atoms with Crippen molar-refractivity contribution in [3.05, 3.63) is 94.7 Å². The number of amides is 3. The van der Waals surface area contributed by atoms with Gasteiger partial charge in [-0.1, -0.05) is 73.5 Å². The van der Waals surface area contributed by atoms with Gasteiger partial charge in [0.15, 0.2) is 5.82 Å². The summed E-state index contributed by atoms with van der Waals surface area (Å²) < 4.78 is 16.6. The van der Waals surface area contributed by atoms with Crippen molar-refractivity contribution in [3.8, 4) is 11.1 Å². The van der Waals surface area contributed by atoms with Crippen LogP contribution >= 0.6 is 0 Å². The first-order chi connectivity index (χ1) is 20.7. The van der Waals surface area contributed by atoms with Crippen LogP contribution in [0.1, 0.15) is 43.7 Å². The molecule has 2 aromatic carbocycles. The molecule has 6 rings (SSSR count). The monoisotopic (exact) mass is 588 g/mol. The Labute approximate surface area is 249 Å². The van der Waals surface area contributed by atoms with E-state index in [4.69, 9.17) is 0 Å². The second-order valence-corrected chi connectivity index (χ2v) is 12.2. The quantitative estimate of drug-likeness (QED) is 0.455. The molecular formula is C33H37FN4O5. The highest BCUT2D eigenvalue weighted by Gasteiger charge is 2.56. The summed E-state index contributed by atoms with van der Waals surface area (Å²) >= 11 is 0. The van der Waals surface area contributed by atoms with E-state index in [0.717, 1.165) is 18.4 Å². The highest BCUT2D eigenvalue weighted by atomic mass is 19.1. The van der Waals surface area contributed by atoms with E-state index >= 15 is 4.39 Å². The van der Waals surface area contributed by atoms with Crippen molar-refractivity contribution in [1.82, 2.24) is 19.3 Å². The number of carbonyl (C=O) groups excluding carboxylic acids is 1. The van der Waals surface area contributed by atoms with Gasteiger partial charge in [-0.3, -0.25) is 4.79 Å². The minimum absolute atomic E-state index is 0.0518. The number of likely N-dealkylation sites (tertiary alicyclic amines) is 1. The van der Waals surface area contributed by atoms with Gasteiger partial charge in [0, 0.05) is 49.9 Å². The van der Waals surface area contributed by atoms with Crippen molar-refractivity contribution >= 4 is 12.1 Å². The number of hydrogen-bond acceptors (Lipinski definition) is 4. The van der Waals surface area contributed by atoms with Gasteiger partial charge in [0.05, 0.1) is 18.2 Å². The molecule has 1 unspecified atom stereocenters. The lowest BCUT2D eigenvalue weighted by atomic mass is 9.66. The number of carbonyl (C=O) groups is 2. The first-order valence-electron chi connectivity index (χ1n) is 15.0. The van der Waals surface area contributed by atoms with Crippen LogP contribution in [0.25, 0.3) is 11.1 Å². The third-order valence-electron chi connectivity index (χ3n) is 9.81. The minimum atomic E-state index is -1.30. The molecule has 1 aliphatic carbocycles. The third kappa shape index (κ3) is 5.29. The van der Waals surface area contributed by atoms with Crippen molar-refractivity contribution in [3.63, 3.8) is 0 Å². The molecular weight excluding hydrogens is 551 g/mol. The highest BCUT2D eigenvalue weighted by molar-refractivity contribution is 5.76. The summed E-state index contributed by atoms with van der Waals surface area (Å²) in [5, 5.41) is 21.8. The van der Waals surface area contributed by atoms with Gasteiger partial charge in [0.1, 0.15) is 0 Å². The number of rotatable bonds is 4. The molecule has 2 atom stereocenters. The lowest BCUT2D eigenvalue weighted by Crippen LogP contribution is -2.64. The van der Waals surface area contributed by atoms with Crippen LogP contribution in [0.4, 0.5) is 14.0 Å². The van der Waals surface area contributed by atoms with Crippen molar-refractivity contribution in [2.24, 2.45) is 5.41 Å². The lowest BCUT2D eigenvalue weighted by Gasteiger charge is -2.53. The molecule has 0 bridgehead atoms. The molecule has 43 heavy (non-hydrogen) atoms. The number of aliphatic hydroxyl groups is 1. The fourth-order valence-electron chi connectivity index (χ4n) is 7.38. The zero-order chi connectivity index (χ0) is 30.2. The van der Waals surface area contributed by atoms with Crippen LogP contribution in [0.15, 0.2) is 77.7 Å². The van der Waals surface area contributed by atoms with E-state index < -0.39 is 34.5 Å². The Morgan fingerprint density at radius 1 is 0.884 bits per heavy atom. The Morgan fingerprint density at radius 3 is 2.23 bits per heavy atom. The van der Waals surface area contributed by atoms with Gasteiger partial charge < -0.3 is 29.5 Å². The third-order valence-corrected chi connectivity index (χ3v) is 9.81. The average Bonchev–Trinajstić information content (AvgIpc) is 3.51. The van der Waals surface area contributed by atoms with Crippen LogP contribution in [-0.4, -0.2) is 79.9 Å². The molecule has 3 aromatic rings. The maximum Gasteiger partial charge on any atom is 0.407 e. The van der Waals surface area contributed by atoms with Gasteiger partial charge in [0.2, 0.25) is 0 Å². The maximum absolute atomic E-state index is 15.3. The summed E-state index contributed by atoms with van der Waals surface area (Å²) in [4.78, 5) is 43.9. The van der Waals surface area contributed by atoms with E-state index in [1.165, 1.54) is 9.47 Å². The van der Waals surface area contributed by atoms with E-state index in [1.807, 2.05) is 36.4 Å². The predicted molar refractivity (Wildman–Crippen MR) is 159 cm³/mol. The van der Waals surface area contributed by atoms with Gasteiger partial charge in [-0.15, -0.1) is 0 Å². The molecule has 1 saturated carbocycles. The Balaban J connectivity index is 1.25. The van der Waals surface area contributed by atoms with Gasteiger partial charge in [-0.25, -0.2) is 14.0 Å². The summed E-state index contributed by atoms with van der Waals surface area (Å²) in [7, 11) is 0. The Kier molecular flexibility index (Phi) is 7.72. The Hall–Kier alpha value is -4.18. The van der Waals surface area contributed by atoms with E-state index in [9.17, 15) is 24.6 Å². The number of aromatic nitrogens is 1. The maximum atomic E-state index is 15.3. The average molecular weight is 589 g/mol.